The molecule has 5 nitrogen and oxygen atoms in total. The number of amides is 1. The summed E-state index contributed by atoms with van der Waals surface area (Å²) >= 11 is 5.90. The van der Waals surface area contributed by atoms with E-state index in [2.05, 4.69) is 0 Å². The van der Waals surface area contributed by atoms with Gasteiger partial charge in [0.2, 0.25) is 0 Å². The van der Waals surface area contributed by atoms with E-state index < -0.39 is 24.3 Å². The largest absolute Gasteiger partial charge is 0.494 e. The molecule has 0 fully saturated rings. The van der Waals surface area contributed by atoms with Gasteiger partial charge >= 0.3 is 5.97 Å². The average Bonchev–Trinajstić information content (AvgIpc) is 2.60. The second-order valence-electron chi connectivity index (χ2n) is 5.27. The Morgan fingerprint density at radius 3 is 2.56 bits per heavy atom. The third kappa shape index (κ3) is 4.93. The van der Waals surface area contributed by atoms with Crippen molar-refractivity contribution >= 4 is 23.5 Å². The molecule has 0 atom stereocenters. The van der Waals surface area contributed by atoms with Crippen LogP contribution in [0.1, 0.15) is 15.9 Å². The molecule has 7 heteroatoms. The van der Waals surface area contributed by atoms with Gasteiger partial charge in [0.25, 0.3) is 5.91 Å². The first-order valence-electron chi connectivity index (χ1n) is 7.40. The predicted octanol–water partition coefficient (Wildman–Crippen LogP) is 3.30. The Morgan fingerprint density at radius 2 is 1.92 bits per heavy atom. The highest BCUT2D eigenvalue weighted by Gasteiger charge is 2.16. The minimum atomic E-state index is -0.678. The molecule has 0 aliphatic carbocycles. The van der Waals surface area contributed by atoms with Crippen molar-refractivity contribution < 1.29 is 23.5 Å². The number of nitrogens with zero attached hydrogens (tertiary/aromatic N) is 1. The highest BCUT2D eigenvalue weighted by Crippen LogP contribution is 2.19. The number of hydrogen-bond donors (Lipinski definition) is 0. The monoisotopic (exact) mass is 365 g/mol. The second kappa shape index (κ2) is 8.48. The number of esters is 1. The molecule has 0 bridgehead atoms. The smallest absolute Gasteiger partial charge is 0.340 e. The summed E-state index contributed by atoms with van der Waals surface area (Å²) in [6, 6.07) is 10.8. The maximum Gasteiger partial charge on any atom is 0.340 e. The van der Waals surface area contributed by atoms with Crippen LogP contribution in [-0.2, 0) is 16.1 Å². The molecule has 2 rings (SSSR count). The number of carbonyl (C=O) groups is 2. The normalized spacial score (nSPS) is 10.2. The molecule has 0 aliphatic rings. The number of likely N-dealkylation sites (N-methyl/N-ethyl adjacent to an activating group) is 1. The highest BCUT2D eigenvalue weighted by atomic mass is 35.5. The molecule has 25 heavy (non-hydrogen) atoms. The fourth-order valence-corrected chi connectivity index (χ4v) is 2.33. The maximum atomic E-state index is 13.7. The van der Waals surface area contributed by atoms with E-state index in [-0.39, 0.29) is 22.9 Å². The molecular formula is C18H17ClFNO4. The van der Waals surface area contributed by atoms with E-state index in [1.165, 1.54) is 37.3 Å². The Hall–Kier alpha value is -2.60. The van der Waals surface area contributed by atoms with Crippen molar-refractivity contribution in [3.63, 3.8) is 0 Å². The molecule has 0 N–H and O–H groups in total. The molecule has 1 amide bonds. The van der Waals surface area contributed by atoms with Gasteiger partial charge in [-0.15, -0.1) is 0 Å². The molecule has 0 aromatic heterocycles. The van der Waals surface area contributed by atoms with Crippen LogP contribution in [0.15, 0.2) is 42.5 Å². The quantitative estimate of drug-likeness (QED) is 0.737. The lowest BCUT2D eigenvalue weighted by atomic mass is 10.2. The summed E-state index contributed by atoms with van der Waals surface area (Å²) < 4.78 is 23.5. The fourth-order valence-electron chi connectivity index (χ4n) is 2.11. The lowest BCUT2D eigenvalue weighted by Gasteiger charge is -2.17. The SMILES string of the molecule is COc1ccc(CN(C)C(=O)COC(=O)c2ccccc2Cl)cc1F. The van der Waals surface area contributed by atoms with Gasteiger partial charge in [-0.05, 0) is 29.8 Å². The van der Waals surface area contributed by atoms with Gasteiger partial charge in [-0.3, -0.25) is 4.79 Å². The Bertz CT molecular complexity index is 781. The number of halogens is 2. The molecule has 0 saturated heterocycles. The molecule has 0 spiro atoms. The number of ether oxygens (including phenoxy) is 2. The van der Waals surface area contributed by atoms with Crippen LogP contribution in [0.5, 0.6) is 5.75 Å². The number of rotatable bonds is 6. The van der Waals surface area contributed by atoms with E-state index in [9.17, 15) is 14.0 Å². The van der Waals surface area contributed by atoms with Crippen molar-refractivity contribution in [3.05, 3.63) is 64.4 Å². The second-order valence-corrected chi connectivity index (χ2v) is 5.68. The van der Waals surface area contributed by atoms with E-state index in [1.807, 2.05) is 0 Å². The number of hydrogen-bond acceptors (Lipinski definition) is 4. The van der Waals surface area contributed by atoms with Crippen molar-refractivity contribution in [1.29, 1.82) is 0 Å². The van der Waals surface area contributed by atoms with Crippen LogP contribution in [0.4, 0.5) is 4.39 Å². The summed E-state index contributed by atoms with van der Waals surface area (Å²) in [7, 11) is 2.91. The minimum absolute atomic E-state index is 0.131. The zero-order valence-electron chi connectivity index (χ0n) is 13.8. The number of methoxy groups -OCH3 is 1. The van der Waals surface area contributed by atoms with Crippen LogP contribution < -0.4 is 4.74 Å². The third-order valence-electron chi connectivity index (χ3n) is 3.48. The molecule has 0 unspecified atom stereocenters. The standard InChI is InChI=1S/C18H17ClFNO4/c1-21(10-12-7-8-16(24-2)15(20)9-12)17(22)11-25-18(23)13-5-3-4-6-14(13)19/h3-9H,10-11H2,1-2H3. The van der Waals surface area contributed by atoms with E-state index in [0.717, 1.165) is 0 Å². The van der Waals surface area contributed by atoms with Crippen molar-refractivity contribution in [2.45, 2.75) is 6.54 Å². The van der Waals surface area contributed by atoms with Gasteiger partial charge in [-0.2, -0.15) is 0 Å². The minimum Gasteiger partial charge on any atom is -0.494 e. The first-order valence-corrected chi connectivity index (χ1v) is 7.78. The van der Waals surface area contributed by atoms with Crippen LogP contribution in [0.3, 0.4) is 0 Å². The molecule has 2 aromatic rings. The van der Waals surface area contributed by atoms with E-state index in [0.29, 0.717) is 5.56 Å². The van der Waals surface area contributed by atoms with Crippen LogP contribution in [0.25, 0.3) is 0 Å². The van der Waals surface area contributed by atoms with Crippen LogP contribution in [0.2, 0.25) is 5.02 Å². The Balaban J connectivity index is 1.91. The third-order valence-corrected chi connectivity index (χ3v) is 3.81. The van der Waals surface area contributed by atoms with Gasteiger partial charge in [-0.25, -0.2) is 9.18 Å². The molecule has 2 aromatic carbocycles. The summed E-state index contributed by atoms with van der Waals surface area (Å²) in [6.07, 6.45) is 0. The van der Waals surface area contributed by atoms with E-state index >= 15 is 0 Å². The Morgan fingerprint density at radius 1 is 1.20 bits per heavy atom. The van der Waals surface area contributed by atoms with Gasteiger partial charge in [0.1, 0.15) is 0 Å². The predicted molar refractivity (Wildman–Crippen MR) is 91.2 cm³/mol. The molecular weight excluding hydrogens is 349 g/mol. The van der Waals surface area contributed by atoms with Crippen LogP contribution in [-0.4, -0.2) is 37.5 Å². The van der Waals surface area contributed by atoms with Crippen molar-refractivity contribution in [2.75, 3.05) is 20.8 Å². The summed E-state index contributed by atoms with van der Waals surface area (Å²) in [4.78, 5) is 25.3. The number of carbonyl (C=O) groups excluding carboxylic acids is 2. The van der Waals surface area contributed by atoms with Gasteiger partial charge < -0.3 is 14.4 Å². The average molecular weight is 366 g/mol. The van der Waals surface area contributed by atoms with Crippen molar-refractivity contribution in [3.8, 4) is 5.75 Å². The summed E-state index contributed by atoms with van der Waals surface area (Å²) in [5, 5.41) is 0.252. The summed E-state index contributed by atoms with van der Waals surface area (Å²) in [5.74, 6) is -1.48. The lowest BCUT2D eigenvalue weighted by Crippen LogP contribution is -2.30. The van der Waals surface area contributed by atoms with Crippen molar-refractivity contribution in [2.24, 2.45) is 0 Å². The zero-order chi connectivity index (χ0) is 18.4. The van der Waals surface area contributed by atoms with Gasteiger partial charge in [0, 0.05) is 13.6 Å². The van der Waals surface area contributed by atoms with Crippen LogP contribution >= 0.6 is 11.6 Å². The van der Waals surface area contributed by atoms with E-state index in [4.69, 9.17) is 21.1 Å². The highest BCUT2D eigenvalue weighted by molar-refractivity contribution is 6.33. The summed E-state index contributed by atoms with van der Waals surface area (Å²) in [6.45, 7) is -0.261. The summed E-state index contributed by atoms with van der Waals surface area (Å²) in [5.41, 5.74) is 0.781. The first kappa shape index (κ1) is 18.7. The van der Waals surface area contributed by atoms with Gasteiger partial charge in [0.05, 0.1) is 17.7 Å². The fraction of sp³-hybridized carbons (Fsp3) is 0.222. The van der Waals surface area contributed by atoms with Gasteiger partial charge in [-0.1, -0.05) is 29.8 Å². The van der Waals surface area contributed by atoms with Crippen LogP contribution in [0, 0.1) is 5.82 Å². The lowest BCUT2D eigenvalue weighted by molar-refractivity contribution is -0.133. The molecule has 0 radical (unpaired) electrons. The zero-order valence-corrected chi connectivity index (χ0v) is 14.5. The maximum absolute atomic E-state index is 13.7. The Kier molecular flexibility index (Phi) is 6.36. The van der Waals surface area contributed by atoms with Crippen molar-refractivity contribution in [1.82, 2.24) is 4.90 Å². The first-order chi connectivity index (χ1) is 11.9. The molecule has 0 saturated carbocycles. The topological polar surface area (TPSA) is 55.8 Å². The molecule has 0 heterocycles. The Labute approximate surface area is 149 Å². The number of benzene rings is 2. The van der Waals surface area contributed by atoms with E-state index in [1.54, 1.807) is 24.3 Å². The molecule has 0 aliphatic heterocycles. The van der Waals surface area contributed by atoms with Gasteiger partial charge in [0.15, 0.2) is 18.2 Å². The molecule has 132 valence electrons.